The summed E-state index contributed by atoms with van der Waals surface area (Å²) in [6, 6.07) is 10.1. The van der Waals surface area contributed by atoms with Crippen LogP contribution in [0.15, 0.2) is 61.9 Å². The van der Waals surface area contributed by atoms with Crippen molar-refractivity contribution in [2.45, 2.75) is 39.8 Å². The van der Waals surface area contributed by atoms with Gasteiger partial charge in [0, 0.05) is 21.7 Å². The van der Waals surface area contributed by atoms with Gasteiger partial charge in [0.1, 0.15) is 23.3 Å². The molecule has 2 heterocycles. The topological polar surface area (TPSA) is 88.4 Å². The van der Waals surface area contributed by atoms with Gasteiger partial charge in [0.2, 0.25) is 0 Å². The van der Waals surface area contributed by atoms with E-state index in [1.165, 1.54) is 23.0 Å². The molecule has 0 bridgehead atoms. The molecule has 0 saturated carbocycles. The van der Waals surface area contributed by atoms with E-state index in [9.17, 15) is 9.59 Å². The van der Waals surface area contributed by atoms with Gasteiger partial charge in [-0.1, -0.05) is 27.3 Å². The summed E-state index contributed by atoms with van der Waals surface area (Å²) < 4.78 is 25.2. The Labute approximate surface area is 233 Å². The smallest absolute Gasteiger partial charge is 0.338 e. The lowest BCUT2D eigenvalue weighted by atomic mass is 9.95. The summed E-state index contributed by atoms with van der Waals surface area (Å²) in [5, 5.41) is 0. The summed E-state index contributed by atoms with van der Waals surface area (Å²) >= 11 is 4.76. The van der Waals surface area contributed by atoms with Gasteiger partial charge in [-0.15, -0.1) is 0 Å². The maximum Gasteiger partial charge on any atom is 0.338 e. The van der Waals surface area contributed by atoms with Crippen LogP contribution in [0.25, 0.3) is 6.08 Å². The van der Waals surface area contributed by atoms with Gasteiger partial charge in [-0.05, 0) is 64.1 Å². The number of allylic oxidation sites excluding steroid dienone is 1. The van der Waals surface area contributed by atoms with E-state index in [0.29, 0.717) is 37.8 Å². The molecule has 0 N–H and O–H groups in total. The fourth-order valence-electron chi connectivity index (χ4n) is 4.26. The van der Waals surface area contributed by atoms with E-state index in [2.05, 4.69) is 20.9 Å². The van der Waals surface area contributed by atoms with E-state index < -0.39 is 12.0 Å². The van der Waals surface area contributed by atoms with Crippen molar-refractivity contribution in [3.8, 4) is 17.2 Å². The van der Waals surface area contributed by atoms with Crippen LogP contribution in [-0.2, 0) is 9.53 Å². The van der Waals surface area contributed by atoms with Gasteiger partial charge < -0.3 is 18.9 Å². The largest absolute Gasteiger partial charge is 0.497 e. The average Bonchev–Trinajstić information content (AvgIpc) is 3.18. The van der Waals surface area contributed by atoms with Crippen molar-refractivity contribution in [3.05, 3.63) is 83.0 Å². The number of aromatic nitrogens is 1. The molecular formula is C28H29BrN2O6S. The number of methoxy groups -OCH3 is 2. The zero-order chi connectivity index (χ0) is 27.6. The highest BCUT2D eigenvalue weighted by molar-refractivity contribution is 9.10. The van der Waals surface area contributed by atoms with Crippen LogP contribution in [0.2, 0.25) is 0 Å². The second-order valence-corrected chi connectivity index (χ2v) is 10.7. The second-order valence-electron chi connectivity index (χ2n) is 8.76. The lowest BCUT2D eigenvalue weighted by molar-refractivity contribution is -0.139. The maximum absolute atomic E-state index is 14.0. The summed E-state index contributed by atoms with van der Waals surface area (Å²) in [6.45, 7) is 7.56. The van der Waals surface area contributed by atoms with Crippen LogP contribution in [0.4, 0.5) is 0 Å². The van der Waals surface area contributed by atoms with Gasteiger partial charge in [-0.3, -0.25) is 9.36 Å². The monoisotopic (exact) mass is 600 g/mol. The maximum atomic E-state index is 14.0. The van der Waals surface area contributed by atoms with Crippen LogP contribution in [0.5, 0.6) is 17.2 Å². The molecule has 38 heavy (non-hydrogen) atoms. The number of nitrogens with zero attached hydrogens (tertiary/aromatic N) is 2. The SMILES string of the molecule is CCOC(=O)C1=C(C)N=c2s/c(=C/c3cc(Br)ccc3OC(C)C)c(=O)n2[C@@H]1c1ccc(OC)cc1OC. The third-order valence-corrected chi connectivity index (χ3v) is 7.35. The standard InChI is InChI=1S/C28H29BrN2O6S/c1-7-36-27(33)24-16(4)30-28-31(25(24)20-10-9-19(34-5)14-22(20)35-6)26(32)23(38-28)13-17-12-18(29)8-11-21(17)37-15(2)3/h8-15,25H,7H2,1-6H3/b23-13+/t25-/m1/s1. The van der Waals surface area contributed by atoms with E-state index in [1.807, 2.05) is 32.0 Å². The average molecular weight is 602 g/mol. The van der Waals surface area contributed by atoms with Crippen molar-refractivity contribution in [1.82, 2.24) is 4.57 Å². The summed E-state index contributed by atoms with van der Waals surface area (Å²) in [4.78, 5) is 32.2. The highest BCUT2D eigenvalue weighted by Gasteiger charge is 2.35. The van der Waals surface area contributed by atoms with Crippen LogP contribution in [0, 0.1) is 0 Å². The van der Waals surface area contributed by atoms with E-state index in [4.69, 9.17) is 18.9 Å². The first-order valence-corrected chi connectivity index (χ1v) is 13.7. The molecule has 4 rings (SSSR count). The van der Waals surface area contributed by atoms with Crippen molar-refractivity contribution in [1.29, 1.82) is 0 Å². The van der Waals surface area contributed by atoms with Gasteiger partial charge in [-0.2, -0.15) is 0 Å². The highest BCUT2D eigenvalue weighted by Crippen LogP contribution is 2.37. The Morgan fingerprint density at radius 2 is 1.92 bits per heavy atom. The van der Waals surface area contributed by atoms with Crippen LogP contribution in [0.1, 0.15) is 44.9 Å². The molecule has 0 fully saturated rings. The second kappa shape index (κ2) is 11.6. The molecule has 1 aliphatic heterocycles. The molecule has 1 aliphatic rings. The first kappa shape index (κ1) is 27.7. The van der Waals surface area contributed by atoms with Crippen molar-refractivity contribution in [3.63, 3.8) is 0 Å². The number of ether oxygens (including phenoxy) is 4. The zero-order valence-electron chi connectivity index (χ0n) is 22.0. The highest BCUT2D eigenvalue weighted by atomic mass is 79.9. The molecule has 1 atom stereocenters. The first-order chi connectivity index (χ1) is 18.2. The summed E-state index contributed by atoms with van der Waals surface area (Å²) in [5.74, 6) is 1.18. The molecule has 8 nitrogen and oxygen atoms in total. The number of esters is 1. The number of hydrogen-bond donors (Lipinski definition) is 0. The van der Waals surface area contributed by atoms with Crippen molar-refractivity contribution < 1.29 is 23.7 Å². The van der Waals surface area contributed by atoms with Crippen LogP contribution in [0.3, 0.4) is 0 Å². The minimum absolute atomic E-state index is 0.0399. The van der Waals surface area contributed by atoms with E-state index in [0.717, 1.165) is 10.0 Å². The molecule has 200 valence electrons. The number of carbonyl (C=O) groups is 1. The Balaban J connectivity index is 1.99. The van der Waals surface area contributed by atoms with Gasteiger partial charge in [0.05, 0.1) is 42.7 Å². The number of hydrogen-bond acceptors (Lipinski definition) is 8. The normalized spacial score (nSPS) is 15.3. The van der Waals surface area contributed by atoms with Crippen molar-refractivity contribution >= 4 is 39.3 Å². The van der Waals surface area contributed by atoms with Gasteiger partial charge in [0.25, 0.3) is 5.56 Å². The molecule has 2 aromatic carbocycles. The summed E-state index contributed by atoms with van der Waals surface area (Å²) in [6.07, 6.45) is 1.75. The van der Waals surface area contributed by atoms with Crippen LogP contribution >= 0.6 is 27.3 Å². The number of fused-ring (bicyclic) bond motifs is 1. The molecule has 10 heteroatoms. The molecule has 0 amide bonds. The number of benzene rings is 2. The van der Waals surface area contributed by atoms with Gasteiger partial charge >= 0.3 is 5.97 Å². The van der Waals surface area contributed by atoms with Crippen LogP contribution < -0.4 is 29.1 Å². The molecular weight excluding hydrogens is 572 g/mol. The Bertz CT molecular complexity index is 1590. The molecule has 1 aromatic heterocycles. The molecule has 0 radical (unpaired) electrons. The Morgan fingerprint density at radius 1 is 1.16 bits per heavy atom. The first-order valence-electron chi connectivity index (χ1n) is 12.1. The Morgan fingerprint density at radius 3 is 2.58 bits per heavy atom. The fourth-order valence-corrected chi connectivity index (χ4v) is 5.68. The van der Waals surface area contributed by atoms with Gasteiger partial charge in [0.15, 0.2) is 4.80 Å². The molecule has 0 aliphatic carbocycles. The predicted octanol–water partition coefficient (Wildman–Crippen LogP) is 4.37. The lowest BCUT2D eigenvalue weighted by Crippen LogP contribution is -2.40. The van der Waals surface area contributed by atoms with Crippen LogP contribution in [-0.4, -0.2) is 37.5 Å². The van der Waals surface area contributed by atoms with Gasteiger partial charge in [-0.25, -0.2) is 9.79 Å². The minimum Gasteiger partial charge on any atom is -0.497 e. The van der Waals surface area contributed by atoms with E-state index in [-0.39, 0.29) is 23.8 Å². The number of carbonyl (C=O) groups excluding carboxylic acids is 1. The van der Waals surface area contributed by atoms with E-state index >= 15 is 0 Å². The lowest BCUT2D eigenvalue weighted by Gasteiger charge is -2.26. The quantitative estimate of drug-likeness (QED) is 0.357. The Hall–Kier alpha value is -3.37. The Kier molecular flexibility index (Phi) is 8.42. The van der Waals surface area contributed by atoms with Crippen molar-refractivity contribution in [2.24, 2.45) is 4.99 Å². The number of halogens is 1. The third kappa shape index (κ3) is 5.42. The summed E-state index contributed by atoms with van der Waals surface area (Å²) in [5.41, 5.74) is 1.83. The zero-order valence-corrected chi connectivity index (χ0v) is 24.4. The predicted molar refractivity (Wildman–Crippen MR) is 150 cm³/mol. The fraction of sp³-hybridized carbons (Fsp3) is 0.321. The molecule has 0 unspecified atom stereocenters. The molecule has 3 aromatic rings. The van der Waals surface area contributed by atoms with E-state index in [1.54, 1.807) is 45.2 Å². The number of thiazole rings is 1. The molecule has 0 spiro atoms. The molecule has 0 saturated heterocycles. The minimum atomic E-state index is -0.804. The summed E-state index contributed by atoms with van der Waals surface area (Å²) in [7, 11) is 3.09. The third-order valence-electron chi connectivity index (χ3n) is 5.87. The number of rotatable bonds is 8. The van der Waals surface area contributed by atoms with Crippen molar-refractivity contribution in [2.75, 3.05) is 20.8 Å².